The maximum atomic E-state index is 2.46. The van der Waals surface area contributed by atoms with Gasteiger partial charge < -0.3 is 4.90 Å². The summed E-state index contributed by atoms with van der Waals surface area (Å²) in [6.07, 6.45) is 29.1. The third kappa shape index (κ3) is 21.3. The topological polar surface area (TPSA) is 3.24 Å². The van der Waals surface area contributed by atoms with E-state index >= 15 is 0 Å². The van der Waals surface area contributed by atoms with Crippen LogP contribution in [0.5, 0.6) is 0 Å². The molecule has 0 heterocycles. The van der Waals surface area contributed by atoms with Crippen LogP contribution >= 0.6 is 12.4 Å². The Labute approximate surface area is 208 Å². The zero-order chi connectivity index (χ0) is 22.2. The van der Waals surface area contributed by atoms with E-state index in [9.17, 15) is 0 Å². The molecule has 0 N–H and O–H groups in total. The summed E-state index contributed by atoms with van der Waals surface area (Å²) < 4.78 is 0. The summed E-state index contributed by atoms with van der Waals surface area (Å²) in [6, 6.07) is 10.8. The first-order chi connectivity index (χ1) is 15.3. The van der Waals surface area contributed by atoms with E-state index in [2.05, 4.69) is 49.2 Å². The fourth-order valence-electron chi connectivity index (χ4n) is 4.61. The highest BCUT2D eigenvalue weighted by Gasteiger charge is 2.00. The molecular weight excluding hydrogens is 410 g/mol. The Kier molecular flexibility index (Phi) is 24.7. The van der Waals surface area contributed by atoms with Gasteiger partial charge in [0, 0.05) is 6.54 Å². The van der Waals surface area contributed by atoms with Crippen molar-refractivity contribution in [3.63, 3.8) is 0 Å². The van der Waals surface area contributed by atoms with Crippen LogP contribution in [0.2, 0.25) is 0 Å². The van der Waals surface area contributed by atoms with E-state index < -0.39 is 0 Å². The lowest BCUT2D eigenvalue weighted by molar-refractivity contribution is 0.316. The Morgan fingerprint density at radius 3 is 1.22 bits per heavy atom. The first-order valence-electron chi connectivity index (χ1n) is 14.1. The molecule has 0 unspecified atom stereocenters. The average Bonchev–Trinajstić information content (AvgIpc) is 2.78. The fraction of sp³-hybridized carbons (Fsp3) is 0.800. The Bertz CT molecular complexity index is 461. The van der Waals surface area contributed by atoms with E-state index in [1.807, 2.05) is 0 Å². The number of benzene rings is 1. The monoisotopic (exact) mass is 465 g/mol. The summed E-state index contributed by atoms with van der Waals surface area (Å²) >= 11 is 0. The van der Waals surface area contributed by atoms with Gasteiger partial charge in [-0.3, -0.25) is 0 Å². The normalized spacial score (nSPS) is 11.1. The van der Waals surface area contributed by atoms with E-state index in [0.717, 1.165) is 6.54 Å². The number of halogens is 1. The molecular formula is C30H56ClN. The molecule has 32 heavy (non-hydrogen) atoms. The lowest BCUT2D eigenvalue weighted by atomic mass is 10.0. The predicted molar refractivity (Wildman–Crippen MR) is 148 cm³/mol. The van der Waals surface area contributed by atoms with Crippen LogP contribution in [0.1, 0.15) is 141 Å². The van der Waals surface area contributed by atoms with Gasteiger partial charge in [0.15, 0.2) is 0 Å². The quantitative estimate of drug-likeness (QED) is 0.145. The maximum absolute atomic E-state index is 2.46. The summed E-state index contributed by atoms with van der Waals surface area (Å²) in [5, 5.41) is 0. The van der Waals surface area contributed by atoms with Crippen LogP contribution in [0.25, 0.3) is 0 Å². The lowest BCUT2D eigenvalue weighted by Gasteiger charge is -2.16. The second kappa shape index (κ2) is 25.1. The molecule has 1 rings (SSSR count). The molecule has 1 aromatic carbocycles. The first-order valence-corrected chi connectivity index (χ1v) is 14.1. The van der Waals surface area contributed by atoms with Gasteiger partial charge >= 0.3 is 0 Å². The highest BCUT2D eigenvalue weighted by Crippen LogP contribution is 2.15. The summed E-state index contributed by atoms with van der Waals surface area (Å²) in [7, 11) is 2.25. The smallest absolute Gasteiger partial charge is 0.0230 e. The van der Waals surface area contributed by atoms with Crippen LogP contribution in [0.15, 0.2) is 30.3 Å². The van der Waals surface area contributed by atoms with Gasteiger partial charge in [-0.25, -0.2) is 0 Å². The maximum Gasteiger partial charge on any atom is 0.0230 e. The Morgan fingerprint density at radius 1 is 0.500 bits per heavy atom. The van der Waals surface area contributed by atoms with Crippen molar-refractivity contribution in [1.82, 2.24) is 4.90 Å². The van der Waals surface area contributed by atoms with Crippen molar-refractivity contribution in [3.8, 4) is 0 Å². The van der Waals surface area contributed by atoms with Crippen LogP contribution in [0, 0.1) is 0 Å². The standard InChI is InChI=1S/C30H55N.ClH/c1-3-4-5-6-7-8-9-10-11-12-13-14-15-16-17-18-19-20-21-25-28-31(2)29-30-26-23-22-24-27-30;/h22-24,26-27H,3-21,25,28-29H2,1-2H3;1H. The van der Waals surface area contributed by atoms with Crippen molar-refractivity contribution in [2.24, 2.45) is 0 Å². The molecule has 0 bridgehead atoms. The van der Waals surface area contributed by atoms with Gasteiger partial charge in [0.2, 0.25) is 0 Å². The summed E-state index contributed by atoms with van der Waals surface area (Å²) in [5.41, 5.74) is 1.43. The van der Waals surface area contributed by atoms with E-state index in [-0.39, 0.29) is 12.4 Å². The molecule has 2 heteroatoms. The zero-order valence-corrected chi connectivity index (χ0v) is 22.6. The SMILES string of the molecule is CCCCCCCCCCCCCCCCCCCCCCN(C)Cc1ccccc1.Cl. The molecule has 0 atom stereocenters. The van der Waals surface area contributed by atoms with Crippen LogP contribution < -0.4 is 0 Å². The number of hydrogen-bond acceptors (Lipinski definition) is 1. The molecule has 0 spiro atoms. The molecule has 0 aliphatic rings. The largest absolute Gasteiger partial charge is 0.302 e. The zero-order valence-electron chi connectivity index (χ0n) is 21.8. The predicted octanol–water partition coefficient (Wildman–Crippen LogP) is 10.4. The number of unbranched alkanes of at least 4 members (excludes halogenated alkanes) is 19. The highest BCUT2D eigenvalue weighted by molar-refractivity contribution is 5.85. The molecule has 0 aromatic heterocycles. The first kappa shape index (κ1) is 31.5. The molecule has 0 saturated carbocycles. The number of nitrogens with zero attached hydrogens (tertiary/aromatic N) is 1. The second-order valence-electron chi connectivity index (χ2n) is 9.94. The van der Waals surface area contributed by atoms with Crippen molar-refractivity contribution in [2.75, 3.05) is 13.6 Å². The molecule has 0 amide bonds. The summed E-state index contributed by atoms with van der Waals surface area (Å²) in [6.45, 7) is 4.61. The Hall–Kier alpha value is -0.530. The van der Waals surface area contributed by atoms with E-state index in [4.69, 9.17) is 0 Å². The van der Waals surface area contributed by atoms with Crippen LogP contribution in [-0.2, 0) is 6.54 Å². The average molecular weight is 466 g/mol. The minimum Gasteiger partial charge on any atom is -0.302 e. The van der Waals surface area contributed by atoms with Gasteiger partial charge in [-0.1, -0.05) is 159 Å². The van der Waals surface area contributed by atoms with Gasteiger partial charge in [-0.05, 0) is 25.6 Å². The van der Waals surface area contributed by atoms with Crippen LogP contribution in [-0.4, -0.2) is 18.5 Å². The van der Waals surface area contributed by atoms with Crippen LogP contribution in [0.3, 0.4) is 0 Å². The minimum absolute atomic E-state index is 0. The summed E-state index contributed by atoms with van der Waals surface area (Å²) in [5.74, 6) is 0. The third-order valence-corrected chi connectivity index (χ3v) is 6.69. The van der Waals surface area contributed by atoms with Gasteiger partial charge in [0.25, 0.3) is 0 Å². The third-order valence-electron chi connectivity index (χ3n) is 6.69. The molecule has 0 saturated heterocycles. The van der Waals surface area contributed by atoms with Crippen molar-refractivity contribution in [3.05, 3.63) is 35.9 Å². The van der Waals surface area contributed by atoms with Crippen molar-refractivity contribution >= 4 is 12.4 Å². The molecule has 1 aromatic rings. The van der Waals surface area contributed by atoms with Crippen molar-refractivity contribution < 1.29 is 0 Å². The molecule has 0 aliphatic carbocycles. The van der Waals surface area contributed by atoms with Crippen molar-refractivity contribution in [2.45, 2.75) is 142 Å². The fourth-order valence-corrected chi connectivity index (χ4v) is 4.61. The number of rotatable bonds is 23. The van der Waals surface area contributed by atoms with Crippen molar-refractivity contribution in [1.29, 1.82) is 0 Å². The van der Waals surface area contributed by atoms with Gasteiger partial charge in [0.05, 0.1) is 0 Å². The van der Waals surface area contributed by atoms with Gasteiger partial charge in [0.1, 0.15) is 0 Å². The van der Waals surface area contributed by atoms with E-state index in [1.165, 1.54) is 141 Å². The Balaban J connectivity index is 0.00000961. The van der Waals surface area contributed by atoms with Gasteiger partial charge in [-0.15, -0.1) is 12.4 Å². The summed E-state index contributed by atoms with van der Waals surface area (Å²) in [4.78, 5) is 2.46. The molecule has 0 radical (unpaired) electrons. The van der Waals surface area contributed by atoms with Gasteiger partial charge in [-0.2, -0.15) is 0 Å². The highest BCUT2D eigenvalue weighted by atomic mass is 35.5. The Morgan fingerprint density at radius 2 is 0.844 bits per heavy atom. The molecule has 0 fully saturated rings. The van der Waals surface area contributed by atoms with Crippen LogP contribution in [0.4, 0.5) is 0 Å². The lowest BCUT2D eigenvalue weighted by Crippen LogP contribution is -2.18. The van der Waals surface area contributed by atoms with E-state index in [1.54, 1.807) is 0 Å². The minimum atomic E-state index is 0. The number of hydrogen-bond donors (Lipinski definition) is 0. The molecule has 0 aliphatic heterocycles. The molecule has 1 nitrogen and oxygen atoms in total. The van der Waals surface area contributed by atoms with E-state index in [0.29, 0.717) is 0 Å². The second-order valence-corrected chi connectivity index (χ2v) is 9.94. The molecule has 188 valence electrons.